The molecule has 0 atom stereocenters. The van der Waals surface area contributed by atoms with Gasteiger partial charge in [0.15, 0.2) is 0 Å². The summed E-state index contributed by atoms with van der Waals surface area (Å²) < 4.78 is 0. The fourth-order valence-corrected chi connectivity index (χ4v) is 3.92. The zero-order chi connectivity index (χ0) is 26.8. The Balaban J connectivity index is 0.000000339. The van der Waals surface area contributed by atoms with Gasteiger partial charge in [-0.15, -0.1) is 34.5 Å². The van der Waals surface area contributed by atoms with Crippen LogP contribution in [0.1, 0.15) is 54.2 Å². The number of hydrogen-bond acceptors (Lipinski definition) is 0. The predicted octanol–water partition coefficient (Wildman–Crippen LogP) is 10.6. The summed E-state index contributed by atoms with van der Waals surface area (Å²) in [6, 6.07) is 22.3. The predicted molar refractivity (Wildman–Crippen MR) is 159 cm³/mol. The summed E-state index contributed by atoms with van der Waals surface area (Å²) in [4.78, 5) is 0. The Morgan fingerprint density at radius 2 is 1.26 bits per heavy atom. The first-order valence-corrected chi connectivity index (χ1v) is 20.3. The summed E-state index contributed by atoms with van der Waals surface area (Å²) in [6.07, 6.45) is 0. The number of rotatable bonds is 1. The Morgan fingerprint density at radius 3 is 1.66 bits per heavy atom. The average molecular weight is 603 g/mol. The molecule has 186 valence electrons. The molecule has 0 aliphatic carbocycles. The van der Waals surface area contributed by atoms with Crippen LogP contribution in [0.3, 0.4) is 0 Å². The van der Waals surface area contributed by atoms with E-state index in [-0.39, 0.29) is 5.41 Å². The second-order valence-electron chi connectivity index (χ2n) is 10.0. The molecule has 4 heteroatoms. The van der Waals surface area contributed by atoms with Gasteiger partial charge in [-0.25, -0.2) is 0 Å². The maximum absolute atomic E-state index is 4.93. The van der Waals surface area contributed by atoms with Crippen LogP contribution in [0.2, 0.25) is 13.1 Å². The Hall–Kier alpha value is -0.920. The van der Waals surface area contributed by atoms with E-state index in [1.807, 2.05) is 0 Å². The molecule has 0 bridgehead atoms. The molecule has 4 rings (SSSR count). The molecule has 0 unspecified atom stereocenters. The molecule has 0 nitrogen and oxygen atoms in total. The van der Waals surface area contributed by atoms with Gasteiger partial charge < -0.3 is 0 Å². The zero-order valence-corrected chi connectivity index (χ0v) is 28.0. The van der Waals surface area contributed by atoms with Crippen LogP contribution < -0.4 is 0 Å². The van der Waals surface area contributed by atoms with Crippen LogP contribution >= 0.6 is 17.0 Å². The Bertz CT molecular complexity index is 1140. The van der Waals surface area contributed by atoms with Crippen molar-refractivity contribution < 1.29 is 20.8 Å². The topological polar surface area (TPSA) is 0 Å². The molecule has 0 fully saturated rings. The van der Waals surface area contributed by atoms with Crippen molar-refractivity contribution in [3.63, 3.8) is 0 Å². The fraction of sp³-hybridized carbons (Fsp3) is 0.355. The first-order valence-electron chi connectivity index (χ1n) is 11.9. The Morgan fingerprint density at radius 1 is 0.771 bits per heavy atom. The van der Waals surface area contributed by atoms with Gasteiger partial charge in [-0.05, 0) is 16.5 Å². The van der Waals surface area contributed by atoms with Crippen LogP contribution in [-0.4, -0.2) is 9.52 Å². The maximum atomic E-state index is 4.93. The molecular weight excluding hydrogens is 563 g/mol. The SMILES string of the molecule is C[Si]C.Cc1[cH-]c(C)c(C)c1C.Cc1cc2c(-c3ccc(C(C)(C)C)cc3)cccc2[cH-]1.[Cl][Zr+2][Cl]. The van der Waals surface area contributed by atoms with E-state index in [9.17, 15) is 0 Å². The van der Waals surface area contributed by atoms with Crippen LogP contribution in [-0.2, 0) is 26.3 Å². The summed E-state index contributed by atoms with van der Waals surface area (Å²) in [6.45, 7) is 21.9. The molecule has 0 saturated heterocycles. The van der Waals surface area contributed by atoms with E-state index < -0.39 is 20.8 Å². The Labute approximate surface area is 235 Å². The Kier molecular flexibility index (Phi) is 14.1. The van der Waals surface area contributed by atoms with Gasteiger partial charge in [-0.1, -0.05) is 104 Å². The molecule has 2 radical (unpaired) electrons. The minimum atomic E-state index is -0.826. The van der Waals surface area contributed by atoms with Crippen LogP contribution in [0.5, 0.6) is 0 Å². The van der Waals surface area contributed by atoms with E-state index in [1.165, 1.54) is 55.3 Å². The minimum absolute atomic E-state index is 0.210. The number of halogens is 2. The third-order valence-corrected chi connectivity index (χ3v) is 6.14. The molecule has 0 spiro atoms. The second kappa shape index (κ2) is 15.4. The normalized spacial score (nSPS) is 10.3. The molecule has 0 saturated carbocycles. The molecule has 0 amide bonds. The number of hydrogen-bond donors (Lipinski definition) is 0. The van der Waals surface area contributed by atoms with E-state index >= 15 is 0 Å². The molecule has 0 heterocycles. The molecular formula is C31H40Cl2SiZr. The fourth-order valence-electron chi connectivity index (χ4n) is 3.92. The quantitative estimate of drug-likeness (QED) is 0.150. The van der Waals surface area contributed by atoms with Gasteiger partial charge in [0, 0.05) is 9.52 Å². The van der Waals surface area contributed by atoms with E-state index in [0.717, 1.165) is 9.52 Å². The summed E-state index contributed by atoms with van der Waals surface area (Å²) in [5.74, 6) is 0. The van der Waals surface area contributed by atoms with Crippen molar-refractivity contribution in [2.24, 2.45) is 0 Å². The van der Waals surface area contributed by atoms with Crippen LogP contribution in [0.15, 0.2) is 60.7 Å². The third-order valence-electron chi connectivity index (χ3n) is 6.14. The van der Waals surface area contributed by atoms with Crippen LogP contribution in [0.4, 0.5) is 0 Å². The molecule has 35 heavy (non-hydrogen) atoms. The van der Waals surface area contributed by atoms with E-state index in [1.54, 1.807) is 0 Å². The first kappa shape index (κ1) is 32.1. The van der Waals surface area contributed by atoms with Crippen molar-refractivity contribution in [3.8, 4) is 11.1 Å². The van der Waals surface area contributed by atoms with Crippen LogP contribution in [0.25, 0.3) is 21.9 Å². The van der Waals surface area contributed by atoms with E-state index in [2.05, 4.69) is 129 Å². The number of aryl methyl sites for hydroxylation is 3. The summed E-state index contributed by atoms with van der Waals surface area (Å²) in [5, 5.41) is 2.69. The van der Waals surface area contributed by atoms with Crippen molar-refractivity contribution in [3.05, 3.63) is 94.0 Å². The monoisotopic (exact) mass is 600 g/mol. The van der Waals surface area contributed by atoms with Crippen molar-refractivity contribution in [2.75, 3.05) is 0 Å². The van der Waals surface area contributed by atoms with Gasteiger partial charge in [0.05, 0.1) is 0 Å². The molecule has 0 aliphatic rings. The second-order valence-corrected chi connectivity index (χ2v) is 14.7. The number of benzene rings is 2. The van der Waals surface area contributed by atoms with Crippen molar-refractivity contribution in [2.45, 2.75) is 73.9 Å². The molecule has 0 aliphatic heterocycles. The standard InChI is InChI=1S/C20H21.C9H13.C2H6Si.2ClH.Zr/c1-14-12-16-6-5-7-18(19(16)13-14)15-8-10-17(11-9-15)20(2,3)4;1-6-5-7(2)9(4)8(6)3;1-3-2;;;/h5-13H,1-4H3;5H,1-4H3;1-2H3;2*1H;/q2*-1;;;;+4/p-2. The van der Waals surface area contributed by atoms with Crippen molar-refractivity contribution >= 4 is 37.3 Å². The molecule has 0 aromatic heterocycles. The van der Waals surface area contributed by atoms with Crippen LogP contribution in [0, 0.1) is 34.6 Å². The van der Waals surface area contributed by atoms with Gasteiger partial charge in [-0.2, -0.15) is 34.4 Å². The van der Waals surface area contributed by atoms with Crippen molar-refractivity contribution in [1.82, 2.24) is 0 Å². The average Bonchev–Trinajstić information content (AvgIpc) is 3.28. The van der Waals surface area contributed by atoms with Crippen molar-refractivity contribution in [1.29, 1.82) is 0 Å². The molecule has 4 aromatic carbocycles. The zero-order valence-electron chi connectivity index (χ0n) is 23.0. The molecule has 0 N–H and O–H groups in total. The van der Waals surface area contributed by atoms with Gasteiger partial charge in [-0.3, -0.25) is 0 Å². The number of fused-ring (bicyclic) bond motifs is 1. The summed E-state index contributed by atoms with van der Waals surface area (Å²) >= 11 is -0.826. The van der Waals surface area contributed by atoms with Gasteiger partial charge >= 0.3 is 37.9 Å². The van der Waals surface area contributed by atoms with Gasteiger partial charge in [0.2, 0.25) is 0 Å². The van der Waals surface area contributed by atoms with E-state index in [0.29, 0.717) is 0 Å². The summed E-state index contributed by atoms with van der Waals surface area (Å²) in [7, 11) is 11.0. The summed E-state index contributed by atoms with van der Waals surface area (Å²) in [5.41, 5.74) is 11.3. The molecule has 4 aromatic rings. The van der Waals surface area contributed by atoms with E-state index in [4.69, 9.17) is 17.0 Å². The van der Waals surface area contributed by atoms with Gasteiger partial charge in [0.1, 0.15) is 0 Å². The van der Waals surface area contributed by atoms with Gasteiger partial charge in [0.25, 0.3) is 0 Å². The third kappa shape index (κ3) is 9.81. The first-order chi connectivity index (χ1) is 16.4.